The number of rotatable bonds is 3. The van der Waals surface area contributed by atoms with Crippen LogP contribution in [0.1, 0.15) is 26.3 Å². The minimum Gasteiger partial charge on any atom is -0.378 e. The van der Waals surface area contributed by atoms with Crippen LogP contribution in [0.15, 0.2) is 23.8 Å². The number of hydrogen-bond acceptors (Lipinski definition) is 4. The van der Waals surface area contributed by atoms with E-state index in [0.29, 0.717) is 30.9 Å². The van der Waals surface area contributed by atoms with Gasteiger partial charge in [0.25, 0.3) is 5.69 Å². The molecule has 2 rings (SSSR count). The number of hydrogen-bond donors (Lipinski definition) is 1. The zero-order valence-electron chi connectivity index (χ0n) is 12.5. The molecule has 1 aliphatic rings. The van der Waals surface area contributed by atoms with Crippen molar-refractivity contribution in [2.24, 2.45) is 0 Å². The average Bonchev–Trinajstić information content (AvgIpc) is 2.57. The number of benzene rings is 1. The van der Waals surface area contributed by atoms with E-state index in [1.165, 1.54) is 17.7 Å². The Balaban J connectivity index is 2.39. The molecule has 5 nitrogen and oxygen atoms in total. The third kappa shape index (κ3) is 3.39. The van der Waals surface area contributed by atoms with Crippen LogP contribution in [-0.2, 0) is 6.54 Å². The second kappa shape index (κ2) is 6.22. The molecule has 0 aliphatic carbocycles. The molecule has 0 spiro atoms. The van der Waals surface area contributed by atoms with Crippen molar-refractivity contribution in [3.05, 3.63) is 45.3 Å². The summed E-state index contributed by atoms with van der Waals surface area (Å²) in [6.45, 7) is 7.67. The molecule has 1 aromatic rings. The fourth-order valence-corrected chi connectivity index (χ4v) is 2.40. The molecule has 0 radical (unpaired) electrons. The van der Waals surface area contributed by atoms with Gasteiger partial charge in [0, 0.05) is 37.3 Å². The maximum Gasteiger partial charge on any atom is 0.292 e. The summed E-state index contributed by atoms with van der Waals surface area (Å²) in [6.07, 6.45) is 2.08. The van der Waals surface area contributed by atoms with E-state index >= 15 is 0 Å². The lowest BCUT2D eigenvalue weighted by Crippen LogP contribution is -2.35. The van der Waals surface area contributed by atoms with E-state index in [-0.39, 0.29) is 11.7 Å². The van der Waals surface area contributed by atoms with Crippen molar-refractivity contribution in [2.75, 3.05) is 18.4 Å². The highest BCUT2D eigenvalue weighted by atomic mass is 19.1. The highest BCUT2D eigenvalue weighted by molar-refractivity contribution is 5.67. The molecule has 1 N–H and O–H groups in total. The lowest BCUT2D eigenvalue weighted by Gasteiger charge is -2.25. The van der Waals surface area contributed by atoms with Crippen molar-refractivity contribution in [1.29, 1.82) is 0 Å². The van der Waals surface area contributed by atoms with Crippen molar-refractivity contribution in [3.8, 4) is 0 Å². The predicted molar refractivity (Wildman–Crippen MR) is 80.8 cm³/mol. The van der Waals surface area contributed by atoms with Gasteiger partial charge in [-0.15, -0.1) is 0 Å². The van der Waals surface area contributed by atoms with Crippen LogP contribution in [-0.4, -0.2) is 29.0 Å². The van der Waals surface area contributed by atoms with Gasteiger partial charge in [-0.2, -0.15) is 0 Å². The number of nitro groups is 1. The quantitative estimate of drug-likeness (QED) is 0.527. The maximum absolute atomic E-state index is 14.1. The van der Waals surface area contributed by atoms with Crippen LogP contribution >= 0.6 is 0 Å². The summed E-state index contributed by atoms with van der Waals surface area (Å²) < 4.78 is 14.1. The topological polar surface area (TPSA) is 58.4 Å². The molecule has 6 heteroatoms. The number of nitrogens with zero attached hydrogens (tertiary/aromatic N) is 2. The fourth-order valence-electron chi connectivity index (χ4n) is 2.40. The number of nitro benzene ring substituents is 1. The van der Waals surface area contributed by atoms with E-state index in [1.54, 1.807) is 0 Å². The minimum atomic E-state index is -0.471. The first kappa shape index (κ1) is 15.4. The number of fused-ring (bicyclic) bond motifs is 1. The molecule has 114 valence electrons. The lowest BCUT2D eigenvalue weighted by molar-refractivity contribution is -0.384. The Kier molecular flexibility index (Phi) is 4.57. The van der Waals surface area contributed by atoms with Gasteiger partial charge in [0.2, 0.25) is 0 Å². The summed E-state index contributed by atoms with van der Waals surface area (Å²) in [5.74, 6) is -0.403. The maximum atomic E-state index is 14.1. The van der Waals surface area contributed by atoms with Crippen molar-refractivity contribution in [1.82, 2.24) is 4.90 Å². The summed E-state index contributed by atoms with van der Waals surface area (Å²) in [4.78, 5) is 12.7. The van der Waals surface area contributed by atoms with Gasteiger partial charge >= 0.3 is 0 Å². The van der Waals surface area contributed by atoms with Gasteiger partial charge in [0.1, 0.15) is 11.5 Å². The molecule has 0 fully saturated rings. The molecule has 0 saturated heterocycles. The van der Waals surface area contributed by atoms with Crippen molar-refractivity contribution < 1.29 is 9.31 Å². The Labute approximate surface area is 123 Å². The van der Waals surface area contributed by atoms with E-state index in [9.17, 15) is 14.5 Å². The van der Waals surface area contributed by atoms with Gasteiger partial charge in [-0.1, -0.05) is 11.6 Å². The first-order valence-electron chi connectivity index (χ1n) is 6.97. The van der Waals surface area contributed by atoms with Crippen molar-refractivity contribution in [3.63, 3.8) is 0 Å². The Hall–Kier alpha value is -1.95. The lowest BCUT2D eigenvalue weighted by atomic mass is 10.1. The summed E-state index contributed by atoms with van der Waals surface area (Å²) in [5, 5.41) is 14.1. The van der Waals surface area contributed by atoms with E-state index in [0.717, 1.165) is 0 Å². The first-order chi connectivity index (χ1) is 9.90. The monoisotopic (exact) mass is 293 g/mol. The zero-order valence-corrected chi connectivity index (χ0v) is 12.5. The molecule has 21 heavy (non-hydrogen) atoms. The SMILES string of the molecule is CC(C)=CCN1Cc2c(F)ccc([N+](=O)[O-])c2NC[C@@H]1C. The molecule has 1 aliphatic heterocycles. The number of allylic oxidation sites excluding steroid dienone is 1. The van der Waals surface area contributed by atoms with Crippen LogP contribution in [0.2, 0.25) is 0 Å². The van der Waals surface area contributed by atoms with Crippen LogP contribution in [0.25, 0.3) is 0 Å². The molecule has 1 atom stereocenters. The molecule has 0 bridgehead atoms. The fraction of sp³-hybridized carbons (Fsp3) is 0.467. The van der Waals surface area contributed by atoms with E-state index in [1.807, 2.05) is 20.8 Å². The Morgan fingerprint density at radius 3 is 2.90 bits per heavy atom. The van der Waals surface area contributed by atoms with Crippen LogP contribution in [0, 0.1) is 15.9 Å². The van der Waals surface area contributed by atoms with E-state index in [2.05, 4.69) is 16.3 Å². The molecular formula is C15H20FN3O2. The smallest absolute Gasteiger partial charge is 0.292 e. The summed E-state index contributed by atoms with van der Waals surface area (Å²) in [7, 11) is 0. The predicted octanol–water partition coefficient (Wildman–Crippen LogP) is 3.32. The average molecular weight is 293 g/mol. The van der Waals surface area contributed by atoms with Crippen LogP contribution in [0.4, 0.5) is 15.8 Å². The van der Waals surface area contributed by atoms with Gasteiger partial charge in [-0.25, -0.2) is 4.39 Å². The largest absolute Gasteiger partial charge is 0.378 e. The second-order valence-corrected chi connectivity index (χ2v) is 5.62. The molecule has 1 aromatic carbocycles. The third-order valence-electron chi connectivity index (χ3n) is 3.72. The van der Waals surface area contributed by atoms with Crippen LogP contribution in [0.5, 0.6) is 0 Å². The highest BCUT2D eigenvalue weighted by Crippen LogP contribution is 2.33. The van der Waals surface area contributed by atoms with E-state index in [4.69, 9.17) is 0 Å². The molecule has 0 amide bonds. The first-order valence-corrected chi connectivity index (χ1v) is 6.97. The Morgan fingerprint density at radius 2 is 2.29 bits per heavy atom. The molecular weight excluding hydrogens is 273 g/mol. The van der Waals surface area contributed by atoms with Gasteiger partial charge in [-0.05, 0) is 26.8 Å². The third-order valence-corrected chi connectivity index (χ3v) is 3.72. The minimum absolute atomic E-state index is 0.0670. The normalized spacial score (nSPS) is 18.4. The van der Waals surface area contributed by atoms with Crippen LogP contribution in [0.3, 0.4) is 0 Å². The van der Waals surface area contributed by atoms with Crippen LogP contribution < -0.4 is 5.32 Å². The summed E-state index contributed by atoms with van der Waals surface area (Å²) in [6, 6.07) is 2.55. The second-order valence-electron chi connectivity index (χ2n) is 5.62. The Morgan fingerprint density at radius 1 is 1.57 bits per heavy atom. The number of anilines is 1. The Bertz CT molecular complexity index is 583. The number of halogens is 1. The molecule has 0 unspecified atom stereocenters. The standard InChI is InChI=1S/C15H20FN3O2/c1-10(2)6-7-18-9-12-13(16)4-5-14(19(20)21)15(12)17-8-11(18)3/h4-6,11,17H,7-9H2,1-3H3/t11-/m0/s1. The van der Waals surface area contributed by atoms with Gasteiger partial charge < -0.3 is 5.32 Å². The van der Waals surface area contributed by atoms with Crippen molar-refractivity contribution >= 4 is 11.4 Å². The summed E-state index contributed by atoms with van der Waals surface area (Å²) in [5.41, 5.74) is 1.81. The van der Waals surface area contributed by atoms with Gasteiger partial charge in [0.15, 0.2) is 0 Å². The molecule has 1 heterocycles. The van der Waals surface area contributed by atoms with Crippen molar-refractivity contribution in [2.45, 2.75) is 33.4 Å². The zero-order chi connectivity index (χ0) is 15.6. The van der Waals surface area contributed by atoms with Gasteiger partial charge in [-0.3, -0.25) is 15.0 Å². The number of nitrogens with one attached hydrogen (secondary N) is 1. The van der Waals surface area contributed by atoms with E-state index < -0.39 is 10.7 Å². The molecule has 0 aromatic heterocycles. The summed E-state index contributed by atoms with van der Waals surface area (Å²) >= 11 is 0. The highest BCUT2D eigenvalue weighted by Gasteiger charge is 2.27. The van der Waals surface area contributed by atoms with Gasteiger partial charge in [0.05, 0.1) is 4.92 Å². The molecule has 0 saturated carbocycles.